The molecule has 0 radical (unpaired) electrons. The quantitative estimate of drug-likeness (QED) is 0.755. The molecule has 1 N–H and O–H groups in total. The molecular formula is C13H20N2. The third kappa shape index (κ3) is 2.72. The number of nitrogens with one attached hydrogen (secondary N) is 1. The predicted octanol–water partition coefficient (Wildman–Crippen LogP) is 2.26. The molecule has 0 aromatic heterocycles. The van der Waals surface area contributed by atoms with Crippen molar-refractivity contribution in [1.29, 1.82) is 0 Å². The van der Waals surface area contributed by atoms with Crippen molar-refractivity contribution >= 4 is 5.69 Å². The van der Waals surface area contributed by atoms with Crippen LogP contribution in [0.2, 0.25) is 0 Å². The van der Waals surface area contributed by atoms with Gasteiger partial charge in [-0.3, -0.25) is 0 Å². The highest BCUT2D eigenvalue weighted by Gasteiger charge is 2.15. The van der Waals surface area contributed by atoms with E-state index in [4.69, 9.17) is 0 Å². The van der Waals surface area contributed by atoms with Crippen LogP contribution in [-0.4, -0.2) is 25.7 Å². The zero-order valence-corrected chi connectivity index (χ0v) is 9.45. The van der Waals surface area contributed by atoms with E-state index in [1.807, 2.05) is 0 Å². The largest absolute Gasteiger partial charge is 0.368 e. The fourth-order valence-corrected chi connectivity index (χ4v) is 2.18. The Bertz CT molecular complexity index is 284. The molecule has 0 saturated carbocycles. The van der Waals surface area contributed by atoms with Gasteiger partial charge in [0.15, 0.2) is 0 Å². The topological polar surface area (TPSA) is 15.3 Å². The summed E-state index contributed by atoms with van der Waals surface area (Å²) in [7, 11) is 0. The van der Waals surface area contributed by atoms with Gasteiger partial charge in [-0.15, -0.1) is 0 Å². The molecule has 2 nitrogen and oxygen atoms in total. The minimum Gasteiger partial charge on any atom is -0.368 e. The van der Waals surface area contributed by atoms with Crippen molar-refractivity contribution in [2.45, 2.75) is 25.8 Å². The third-order valence-corrected chi connectivity index (χ3v) is 3.06. The standard InChI is InChI=1S/C13H20N2/c1-12-11-14-9-5-6-10-15(12)13-7-3-2-4-8-13/h2-4,7-8,12,14H,5-6,9-11H2,1H3/t12-/m1/s1. The van der Waals surface area contributed by atoms with E-state index in [1.165, 1.54) is 31.6 Å². The van der Waals surface area contributed by atoms with Gasteiger partial charge in [-0.1, -0.05) is 18.2 Å². The van der Waals surface area contributed by atoms with Crippen LogP contribution in [0.3, 0.4) is 0 Å². The van der Waals surface area contributed by atoms with Crippen molar-refractivity contribution in [3.8, 4) is 0 Å². The van der Waals surface area contributed by atoms with E-state index in [-0.39, 0.29) is 0 Å². The lowest BCUT2D eigenvalue weighted by atomic mass is 10.1. The fourth-order valence-electron chi connectivity index (χ4n) is 2.18. The normalized spacial score (nSPS) is 23.3. The second kappa shape index (κ2) is 5.17. The average molecular weight is 204 g/mol. The maximum absolute atomic E-state index is 3.50. The molecule has 1 aromatic carbocycles. The lowest BCUT2D eigenvalue weighted by Gasteiger charge is -2.33. The molecule has 15 heavy (non-hydrogen) atoms. The summed E-state index contributed by atoms with van der Waals surface area (Å²) in [5.74, 6) is 0. The summed E-state index contributed by atoms with van der Waals surface area (Å²) in [4.78, 5) is 2.51. The third-order valence-electron chi connectivity index (χ3n) is 3.06. The summed E-state index contributed by atoms with van der Waals surface area (Å²) in [6.07, 6.45) is 2.57. The van der Waals surface area contributed by atoms with Crippen LogP contribution in [-0.2, 0) is 0 Å². The van der Waals surface area contributed by atoms with Gasteiger partial charge in [0.05, 0.1) is 0 Å². The molecule has 0 amide bonds. The van der Waals surface area contributed by atoms with Crippen LogP contribution in [0.15, 0.2) is 30.3 Å². The molecule has 1 atom stereocenters. The molecule has 1 aliphatic heterocycles. The number of nitrogens with zero attached hydrogens (tertiary/aromatic N) is 1. The first-order valence-corrected chi connectivity index (χ1v) is 5.90. The van der Waals surface area contributed by atoms with Crippen LogP contribution < -0.4 is 10.2 Å². The number of rotatable bonds is 1. The van der Waals surface area contributed by atoms with Crippen LogP contribution in [0, 0.1) is 0 Å². The van der Waals surface area contributed by atoms with Gasteiger partial charge in [-0.05, 0) is 38.4 Å². The van der Waals surface area contributed by atoms with Crippen LogP contribution >= 0.6 is 0 Å². The summed E-state index contributed by atoms with van der Waals surface area (Å²) < 4.78 is 0. The number of hydrogen-bond acceptors (Lipinski definition) is 2. The Morgan fingerprint density at radius 3 is 2.80 bits per heavy atom. The van der Waals surface area contributed by atoms with Crippen molar-refractivity contribution < 1.29 is 0 Å². The Kier molecular flexibility index (Phi) is 3.62. The van der Waals surface area contributed by atoms with Gasteiger partial charge in [0, 0.05) is 24.8 Å². The van der Waals surface area contributed by atoms with Crippen molar-refractivity contribution in [1.82, 2.24) is 5.32 Å². The van der Waals surface area contributed by atoms with E-state index >= 15 is 0 Å². The molecule has 1 saturated heterocycles. The SMILES string of the molecule is C[C@@H]1CNCCCCN1c1ccccc1. The monoisotopic (exact) mass is 204 g/mol. The highest BCUT2D eigenvalue weighted by Crippen LogP contribution is 2.17. The van der Waals surface area contributed by atoms with E-state index in [2.05, 4.69) is 47.5 Å². The van der Waals surface area contributed by atoms with Gasteiger partial charge in [0.25, 0.3) is 0 Å². The summed E-state index contributed by atoms with van der Waals surface area (Å²) in [6, 6.07) is 11.3. The lowest BCUT2D eigenvalue weighted by molar-refractivity contribution is 0.501. The van der Waals surface area contributed by atoms with E-state index in [1.54, 1.807) is 0 Å². The summed E-state index contributed by atoms with van der Waals surface area (Å²) in [5, 5.41) is 3.50. The molecule has 82 valence electrons. The summed E-state index contributed by atoms with van der Waals surface area (Å²) in [5.41, 5.74) is 1.36. The number of benzene rings is 1. The van der Waals surface area contributed by atoms with Crippen molar-refractivity contribution in [2.24, 2.45) is 0 Å². The lowest BCUT2D eigenvalue weighted by Crippen LogP contribution is -2.43. The highest BCUT2D eigenvalue weighted by molar-refractivity contribution is 5.47. The molecular weight excluding hydrogens is 184 g/mol. The Morgan fingerprint density at radius 1 is 1.20 bits per heavy atom. The first kappa shape index (κ1) is 10.5. The molecule has 1 fully saturated rings. The van der Waals surface area contributed by atoms with Gasteiger partial charge >= 0.3 is 0 Å². The van der Waals surface area contributed by atoms with Crippen LogP contribution in [0.4, 0.5) is 5.69 Å². The number of para-hydroxylation sites is 1. The maximum Gasteiger partial charge on any atom is 0.0386 e. The molecule has 2 rings (SSSR count). The van der Waals surface area contributed by atoms with Gasteiger partial charge < -0.3 is 10.2 Å². The van der Waals surface area contributed by atoms with Crippen molar-refractivity contribution in [3.63, 3.8) is 0 Å². The Labute approximate surface area is 92.3 Å². The molecule has 0 unspecified atom stereocenters. The number of hydrogen-bond donors (Lipinski definition) is 1. The van der Waals surface area contributed by atoms with E-state index in [0.717, 1.165) is 6.54 Å². The predicted molar refractivity (Wildman–Crippen MR) is 65.4 cm³/mol. The molecule has 1 aromatic rings. The molecule has 1 heterocycles. The van der Waals surface area contributed by atoms with Gasteiger partial charge in [0.1, 0.15) is 0 Å². The average Bonchev–Trinajstić information content (AvgIpc) is 2.25. The molecule has 2 heteroatoms. The Morgan fingerprint density at radius 2 is 2.00 bits per heavy atom. The van der Waals surface area contributed by atoms with Crippen LogP contribution in [0.1, 0.15) is 19.8 Å². The smallest absolute Gasteiger partial charge is 0.0386 e. The van der Waals surface area contributed by atoms with E-state index < -0.39 is 0 Å². The first-order chi connectivity index (χ1) is 7.38. The van der Waals surface area contributed by atoms with Crippen molar-refractivity contribution in [3.05, 3.63) is 30.3 Å². The second-order valence-corrected chi connectivity index (χ2v) is 4.29. The Hall–Kier alpha value is -1.02. The highest BCUT2D eigenvalue weighted by atomic mass is 15.2. The van der Waals surface area contributed by atoms with Crippen LogP contribution in [0.5, 0.6) is 0 Å². The zero-order chi connectivity index (χ0) is 10.5. The summed E-state index contributed by atoms with van der Waals surface area (Å²) >= 11 is 0. The molecule has 0 aliphatic carbocycles. The minimum atomic E-state index is 0.590. The van der Waals surface area contributed by atoms with Crippen LogP contribution in [0.25, 0.3) is 0 Å². The Balaban J connectivity index is 2.10. The van der Waals surface area contributed by atoms with Crippen molar-refractivity contribution in [2.75, 3.05) is 24.5 Å². The first-order valence-electron chi connectivity index (χ1n) is 5.90. The molecule has 0 spiro atoms. The fraction of sp³-hybridized carbons (Fsp3) is 0.538. The number of anilines is 1. The molecule has 1 aliphatic rings. The van der Waals surface area contributed by atoms with Gasteiger partial charge in [0.2, 0.25) is 0 Å². The second-order valence-electron chi connectivity index (χ2n) is 4.29. The van der Waals surface area contributed by atoms with Gasteiger partial charge in [-0.2, -0.15) is 0 Å². The van der Waals surface area contributed by atoms with Gasteiger partial charge in [-0.25, -0.2) is 0 Å². The molecule has 0 bridgehead atoms. The minimum absolute atomic E-state index is 0.590. The maximum atomic E-state index is 3.50. The summed E-state index contributed by atoms with van der Waals surface area (Å²) in [6.45, 7) is 5.75. The zero-order valence-electron chi connectivity index (χ0n) is 9.45. The van der Waals surface area contributed by atoms with E-state index in [0.29, 0.717) is 6.04 Å². The van der Waals surface area contributed by atoms with E-state index in [9.17, 15) is 0 Å².